The topological polar surface area (TPSA) is 49.8 Å². The van der Waals surface area contributed by atoms with Crippen LogP contribution in [0.5, 0.6) is 0 Å². The van der Waals surface area contributed by atoms with Gasteiger partial charge in [-0.3, -0.25) is 0 Å². The average Bonchev–Trinajstić information content (AvgIpc) is 2.23. The van der Waals surface area contributed by atoms with Crippen molar-refractivity contribution in [2.24, 2.45) is 0 Å². The van der Waals surface area contributed by atoms with Crippen LogP contribution in [0.2, 0.25) is 0 Å². The fourth-order valence-electron chi connectivity index (χ4n) is 1.24. The third-order valence-corrected chi connectivity index (χ3v) is 3.23. The smallest absolute Gasteiger partial charge is 0.0670 e. The molecule has 0 fully saturated rings. The van der Waals surface area contributed by atoms with Crippen LogP contribution in [-0.4, -0.2) is 5.75 Å². The quantitative estimate of drug-likeness (QED) is 0.471. The van der Waals surface area contributed by atoms with Gasteiger partial charge in [0.1, 0.15) is 0 Å². The molecule has 0 unspecified atom stereocenters. The van der Waals surface area contributed by atoms with Gasteiger partial charge in [-0.15, -0.1) is 11.8 Å². The molecular weight excluding hydrogens is 204 g/mol. The van der Waals surface area contributed by atoms with E-state index in [2.05, 4.69) is 13.0 Å². The number of hydrogen-bond donors (Lipinski definition) is 1. The van der Waals surface area contributed by atoms with Crippen molar-refractivity contribution < 1.29 is 0 Å². The van der Waals surface area contributed by atoms with Crippen LogP contribution < -0.4 is 5.73 Å². The molecule has 0 heterocycles. The van der Waals surface area contributed by atoms with E-state index in [1.165, 1.54) is 17.7 Å². The van der Waals surface area contributed by atoms with Crippen molar-refractivity contribution in [3.63, 3.8) is 0 Å². The van der Waals surface area contributed by atoms with Gasteiger partial charge in [-0.05, 0) is 35.9 Å². The van der Waals surface area contributed by atoms with Crippen LogP contribution >= 0.6 is 11.8 Å². The number of rotatable bonds is 5. The van der Waals surface area contributed by atoms with Crippen molar-refractivity contribution in [3.8, 4) is 6.07 Å². The fraction of sp³-hybridized carbons (Fsp3) is 0.417. The van der Waals surface area contributed by atoms with Crippen molar-refractivity contribution in [1.82, 2.24) is 0 Å². The molecule has 0 aliphatic heterocycles. The first-order chi connectivity index (χ1) is 7.27. The third kappa shape index (κ3) is 3.85. The molecule has 0 atom stereocenters. The summed E-state index contributed by atoms with van der Waals surface area (Å²) in [6, 6.07) is 8.07. The summed E-state index contributed by atoms with van der Waals surface area (Å²) in [6.45, 7) is 2.19. The molecule has 80 valence electrons. The number of nitrogens with zero attached hydrogens (tertiary/aromatic N) is 1. The maximum Gasteiger partial charge on any atom is 0.0670 e. The zero-order valence-corrected chi connectivity index (χ0v) is 9.81. The Balaban J connectivity index is 2.66. The lowest BCUT2D eigenvalue weighted by atomic mass is 10.1. The van der Waals surface area contributed by atoms with Gasteiger partial charge in [0.2, 0.25) is 0 Å². The number of anilines is 1. The highest BCUT2D eigenvalue weighted by atomic mass is 32.2. The zero-order valence-electron chi connectivity index (χ0n) is 8.99. The molecule has 2 N–H and O–H groups in total. The number of unbranched alkanes of at least 4 members (excludes halogenated alkanes) is 1. The van der Waals surface area contributed by atoms with Crippen LogP contribution in [0.3, 0.4) is 0 Å². The lowest BCUT2D eigenvalue weighted by molar-refractivity contribution is 0.896. The summed E-state index contributed by atoms with van der Waals surface area (Å²) < 4.78 is 0. The minimum atomic E-state index is 0.397. The monoisotopic (exact) mass is 220 g/mol. The lowest BCUT2D eigenvalue weighted by Gasteiger charge is -2.05. The summed E-state index contributed by atoms with van der Waals surface area (Å²) in [5.74, 6) is 1.13. The molecule has 0 aliphatic rings. The molecule has 0 amide bonds. The maximum absolute atomic E-state index is 8.64. The van der Waals surface area contributed by atoms with Gasteiger partial charge < -0.3 is 5.73 Å². The molecule has 0 radical (unpaired) electrons. The van der Waals surface area contributed by atoms with Gasteiger partial charge in [-0.25, -0.2) is 0 Å². The van der Waals surface area contributed by atoms with Gasteiger partial charge >= 0.3 is 0 Å². The molecule has 15 heavy (non-hydrogen) atoms. The predicted octanol–water partition coefficient (Wildman–Crippen LogP) is 3.23. The standard InChI is InChI=1S/C12H16N2S/c1-2-3-8-15-11-4-5-12(14)10(9-11)6-7-13/h4-5,9H,2-3,6,8,14H2,1H3. The maximum atomic E-state index is 8.64. The Bertz CT molecular complexity index is 355. The van der Waals surface area contributed by atoms with Gasteiger partial charge in [0.05, 0.1) is 12.5 Å². The summed E-state index contributed by atoms with van der Waals surface area (Å²) in [6.07, 6.45) is 2.84. The third-order valence-electron chi connectivity index (χ3n) is 2.15. The first kappa shape index (κ1) is 11.9. The Kier molecular flexibility index (Phi) is 5.06. The van der Waals surface area contributed by atoms with E-state index in [1.54, 1.807) is 0 Å². The molecule has 0 saturated carbocycles. The first-order valence-electron chi connectivity index (χ1n) is 5.16. The Labute approximate surface area is 95.5 Å². The van der Waals surface area contributed by atoms with E-state index in [0.717, 1.165) is 17.0 Å². The number of nitriles is 1. The van der Waals surface area contributed by atoms with Crippen LogP contribution in [0, 0.1) is 11.3 Å². The molecule has 0 aliphatic carbocycles. The van der Waals surface area contributed by atoms with E-state index in [0.29, 0.717) is 6.42 Å². The number of nitrogen functional groups attached to an aromatic ring is 1. The van der Waals surface area contributed by atoms with Crippen molar-refractivity contribution in [1.29, 1.82) is 5.26 Å². The molecule has 0 spiro atoms. The summed E-state index contributed by atoms with van der Waals surface area (Å²) in [7, 11) is 0. The van der Waals surface area contributed by atoms with E-state index in [-0.39, 0.29) is 0 Å². The largest absolute Gasteiger partial charge is 0.398 e. The van der Waals surface area contributed by atoms with E-state index in [1.807, 2.05) is 30.0 Å². The molecule has 1 rings (SSSR count). The van der Waals surface area contributed by atoms with E-state index >= 15 is 0 Å². The van der Waals surface area contributed by atoms with E-state index < -0.39 is 0 Å². The predicted molar refractivity (Wildman–Crippen MR) is 65.8 cm³/mol. The van der Waals surface area contributed by atoms with E-state index in [4.69, 9.17) is 11.0 Å². The molecule has 1 aromatic rings. The van der Waals surface area contributed by atoms with Gasteiger partial charge in [0.25, 0.3) is 0 Å². The van der Waals surface area contributed by atoms with Crippen LogP contribution in [0.4, 0.5) is 5.69 Å². The Hall–Kier alpha value is -1.14. The van der Waals surface area contributed by atoms with Crippen molar-refractivity contribution in [2.75, 3.05) is 11.5 Å². The van der Waals surface area contributed by atoms with Crippen molar-refractivity contribution in [3.05, 3.63) is 23.8 Å². The van der Waals surface area contributed by atoms with Crippen molar-refractivity contribution in [2.45, 2.75) is 31.1 Å². The molecule has 1 aromatic carbocycles. The fourth-order valence-corrected chi connectivity index (χ4v) is 2.30. The molecule has 0 bridgehead atoms. The molecule has 2 nitrogen and oxygen atoms in total. The second-order valence-corrected chi connectivity index (χ2v) is 4.57. The van der Waals surface area contributed by atoms with Crippen LogP contribution in [-0.2, 0) is 6.42 Å². The van der Waals surface area contributed by atoms with Gasteiger partial charge in [-0.2, -0.15) is 5.26 Å². The highest BCUT2D eigenvalue weighted by Gasteiger charge is 2.01. The summed E-state index contributed by atoms with van der Waals surface area (Å²) in [5.41, 5.74) is 7.43. The Morgan fingerprint density at radius 2 is 2.27 bits per heavy atom. The van der Waals surface area contributed by atoms with Crippen LogP contribution in [0.1, 0.15) is 25.3 Å². The van der Waals surface area contributed by atoms with Crippen molar-refractivity contribution >= 4 is 17.4 Å². The minimum absolute atomic E-state index is 0.397. The van der Waals surface area contributed by atoms with Crippen LogP contribution in [0.15, 0.2) is 23.1 Å². The number of benzene rings is 1. The molecule has 0 saturated heterocycles. The first-order valence-corrected chi connectivity index (χ1v) is 6.14. The highest BCUT2D eigenvalue weighted by Crippen LogP contribution is 2.24. The summed E-state index contributed by atoms with van der Waals surface area (Å²) in [5, 5.41) is 8.64. The zero-order chi connectivity index (χ0) is 11.1. The van der Waals surface area contributed by atoms with Gasteiger partial charge in [-0.1, -0.05) is 13.3 Å². The van der Waals surface area contributed by atoms with Gasteiger partial charge in [0.15, 0.2) is 0 Å². The number of thioether (sulfide) groups is 1. The van der Waals surface area contributed by atoms with Crippen LogP contribution in [0.25, 0.3) is 0 Å². The minimum Gasteiger partial charge on any atom is -0.398 e. The van der Waals surface area contributed by atoms with Gasteiger partial charge in [0, 0.05) is 10.6 Å². The average molecular weight is 220 g/mol. The second-order valence-electron chi connectivity index (χ2n) is 3.40. The Morgan fingerprint density at radius 3 is 2.93 bits per heavy atom. The highest BCUT2D eigenvalue weighted by molar-refractivity contribution is 7.99. The Morgan fingerprint density at radius 1 is 1.47 bits per heavy atom. The van der Waals surface area contributed by atoms with E-state index in [9.17, 15) is 0 Å². The molecule has 0 aromatic heterocycles. The normalized spacial score (nSPS) is 9.87. The second kappa shape index (κ2) is 6.36. The number of hydrogen-bond acceptors (Lipinski definition) is 3. The summed E-state index contributed by atoms with van der Waals surface area (Å²) in [4.78, 5) is 1.21. The molecular formula is C12H16N2S. The number of nitrogens with two attached hydrogens (primary N) is 1. The summed E-state index contributed by atoms with van der Waals surface area (Å²) >= 11 is 1.83. The molecule has 3 heteroatoms. The SMILES string of the molecule is CCCCSc1ccc(N)c(CC#N)c1. The lowest BCUT2D eigenvalue weighted by Crippen LogP contribution is -1.93.